The highest BCUT2D eigenvalue weighted by atomic mass is 16.5. The number of hydrogen-bond donors (Lipinski definition) is 1. The maximum absolute atomic E-state index is 12.9. The molecule has 124 valence electrons. The van der Waals surface area contributed by atoms with Crippen molar-refractivity contribution in [3.8, 4) is 0 Å². The highest BCUT2D eigenvalue weighted by molar-refractivity contribution is 5.79. The number of rotatable bonds is 5. The van der Waals surface area contributed by atoms with Gasteiger partial charge in [0.2, 0.25) is 5.91 Å². The third-order valence-electron chi connectivity index (χ3n) is 4.33. The highest BCUT2D eigenvalue weighted by Crippen LogP contribution is 2.34. The van der Waals surface area contributed by atoms with E-state index in [4.69, 9.17) is 9.26 Å². The lowest BCUT2D eigenvalue weighted by Crippen LogP contribution is -2.38. The monoisotopic (exact) mass is 318 g/mol. The molecule has 3 rings (SSSR count). The third-order valence-corrected chi connectivity index (χ3v) is 4.33. The second kappa shape index (κ2) is 6.95. The van der Waals surface area contributed by atoms with Gasteiger partial charge in [-0.2, -0.15) is 5.10 Å². The third kappa shape index (κ3) is 3.29. The minimum atomic E-state index is -0.231. The van der Waals surface area contributed by atoms with Crippen molar-refractivity contribution in [2.24, 2.45) is 5.92 Å². The van der Waals surface area contributed by atoms with Crippen LogP contribution in [0.3, 0.4) is 0 Å². The molecule has 2 aromatic rings. The van der Waals surface area contributed by atoms with Crippen molar-refractivity contribution in [2.75, 3.05) is 13.7 Å². The van der Waals surface area contributed by atoms with Gasteiger partial charge in [-0.05, 0) is 19.3 Å². The number of aryl methyl sites for hydroxylation is 1. The molecule has 1 aliphatic heterocycles. The predicted molar refractivity (Wildman–Crippen MR) is 82.4 cm³/mol. The number of H-pyrrole nitrogens is 1. The van der Waals surface area contributed by atoms with E-state index in [0.29, 0.717) is 13.2 Å². The van der Waals surface area contributed by atoms with Crippen LogP contribution in [-0.2, 0) is 22.5 Å². The number of amides is 1. The number of ether oxygens (including phenoxy) is 1. The summed E-state index contributed by atoms with van der Waals surface area (Å²) in [6, 6.07) is 0. The molecular weight excluding hydrogens is 296 g/mol. The lowest BCUT2D eigenvalue weighted by Gasteiger charge is -2.33. The van der Waals surface area contributed by atoms with Crippen LogP contribution in [-0.4, -0.2) is 39.8 Å². The maximum Gasteiger partial charge on any atom is 0.228 e. The fourth-order valence-corrected chi connectivity index (χ4v) is 3.10. The molecule has 0 aromatic carbocycles. The SMILES string of the molecule is CCc1nocc1CN(C)C(=O)[C@@H]1CCCO[C@H]1c1cn[nH]c1. The molecular formula is C16H22N4O3. The average Bonchev–Trinajstić information content (AvgIpc) is 3.25. The van der Waals surface area contributed by atoms with Crippen LogP contribution in [0.4, 0.5) is 0 Å². The molecule has 0 unspecified atom stereocenters. The van der Waals surface area contributed by atoms with Crippen LogP contribution in [0.15, 0.2) is 23.2 Å². The summed E-state index contributed by atoms with van der Waals surface area (Å²) in [7, 11) is 1.82. The van der Waals surface area contributed by atoms with Crippen molar-refractivity contribution < 1.29 is 14.1 Å². The summed E-state index contributed by atoms with van der Waals surface area (Å²) in [6.07, 6.45) is 7.42. The van der Waals surface area contributed by atoms with Gasteiger partial charge in [0.05, 0.1) is 30.5 Å². The minimum absolute atomic E-state index is 0.0825. The lowest BCUT2D eigenvalue weighted by atomic mass is 9.89. The second-order valence-corrected chi connectivity index (χ2v) is 5.91. The fourth-order valence-electron chi connectivity index (χ4n) is 3.10. The van der Waals surface area contributed by atoms with E-state index in [1.54, 1.807) is 23.6 Å². The molecule has 0 bridgehead atoms. The Labute approximate surface area is 135 Å². The number of hydrogen-bond acceptors (Lipinski definition) is 5. The van der Waals surface area contributed by atoms with Gasteiger partial charge < -0.3 is 14.2 Å². The highest BCUT2D eigenvalue weighted by Gasteiger charge is 2.35. The van der Waals surface area contributed by atoms with E-state index in [1.165, 1.54) is 0 Å². The van der Waals surface area contributed by atoms with E-state index >= 15 is 0 Å². The van der Waals surface area contributed by atoms with Gasteiger partial charge in [-0.1, -0.05) is 12.1 Å². The maximum atomic E-state index is 12.9. The first-order chi connectivity index (χ1) is 11.2. The molecule has 0 spiro atoms. The molecule has 1 saturated heterocycles. The van der Waals surface area contributed by atoms with E-state index in [9.17, 15) is 4.79 Å². The van der Waals surface area contributed by atoms with Gasteiger partial charge in [-0.3, -0.25) is 9.89 Å². The Morgan fingerprint density at radius 1 is 1.52 bits per heavy atom. The molecule has 1 aliphatic rings. The summed E-state index contributed by atoms with van der Waals surface area (Å²) in [5, 5.41) is 10.7. The van der Waals surface area contributed by atoms with Crippen molar-refractivity contribution >= 4 is 5.91 Å². The Morgan fingerprint density at radius 3 is 3.13 bits per heavy atom. The van der Waals surface area contributed by atoms with Crippen LogP contribution in [0.1, 0.15) is 42.7 Å². The summed E-state index contributed by atoms with van der Waals surface area (Å²) in [5.41, 5.74) is 2.78. The fraction of sp³-hybridized carbons (Fsp3) is 0.562. The van der Waals surface area contributed by atoms with E-state index in [1.807, 2.05) is 14.0 Å². The van der Waals surface area contributed by atoms with Crippen LogP contribution in [0, 0.1) is 5.92 Å². The number of aromatic nitrogens is 3. The van der Waals surface area contributed by atoms with Crippen molar-refractivity contribution in [1.29, 1.82) is 0 Å². The van der Waals surface area contributed by atoms with Crippen LogP contribution in [0.2, 0.25) is 0 Å². The molecule has 7 nitrogen and oxygen atoms in total. The normalized spacial score (nSPS) is 21.3. The van der Waals surface area contributed by atoms with Crippen LogP contribution in [0.25, 0.3) is 0 Å². The molecule has 1 amide bonds. The topological polar surface area (TPSA) is 84.2 Å². The van der Waals surface area contributed by atoms with Gasteiger partial charge in [-0.25, -0.2) is 0 Å². The Bertz CT molecular complexity index is 638. The number of carbonyl (C=O) groups excluding carboxylic acids is 1. The second-order valence-electron chi connectivity index (χ2n) is 5.91. The van der Waals surface area contributed by atoms with Gasteiger partial charge in [0.25, 0.3) is 0 Å². The quantitative estimate of drug-likeness (QED) is 0.912. The standard InChI is InChI=1S/C16H22N4O3/c1-3-14-12(10-23-19-14)9-20(2)16(21)13-5-4-6-22-15(13)11-7-17-18-8-11/h7-8,10,13,15H,3-6,9H2,1-2H3,(H,17,18)/t13-,15+/m1/s1. The van der Waals surface area contributed by atoms with E-state index < -0.39 is 0 Å². The van der Waals surface area contributed by atoms with Crippen molar-refractivity contribution in [3.63, 3.8) is 0 Å². The van der Waals surface area contributed by atoms with Gasteiger partial charge in [0.1, 0.15) is 6.26 Å². The summed E-state index contributed by atoms with van der Waals surface area (Å²) in [5.74, 6) is -0.101. The molecule has 0 saturated carbocycles. The van der Waals surface area contributed by atoms with Gasteiger partial charge in [-0.15, -0.1) is 0 Å². The number of aromatic amines is 1. The lowest BCUT2D eigenvalue weighted by molar-refractivity contribution is -0.144. The van der Waals surface area contributed by atoms with Crippen molar-refractivity contribution in [3.05, 3.63) is 35.5 Å². The van der Waals surface area contributed by atoms with Crippen LogP contribution < -0.4 is 0 Å². The zero-order chi connectivity index (χ0) is 16.2. The largest absolute Gasteiger partial charge is 0.373 e. The molecule has 2 aromatic heterocycles. The number of nitrogens with one attached hydrogen (secondary N) is 1. The van der Waals surface area contributed by atoms with Crippen LogP contribution in [0.5, 0.6) is 0 Å². The van der Waals surface area contributed by atoms with Crippen molar-refractivity contribution in [2.45, 2.75) is 38.8 Å². The molecule has 1 fully saturated rings. The summed E-state index contributed by atoms with van der Waals surface area (Å²) < 4.78 is 10.9. The Kier molecular flexibility index (Phi) is 4.76. The van der Waals surface area contributed by atoms with E-state index in [0.717, 1.165) is 36.1 Å². The zero-order valence-corrected chi connectivity index (χ0v) is 13.5. The Morgan fingerprint density at radius 2 is 2.39 bits per heavy atom. The number of carbonyl (C=O) groups is 1. The first-order valence-corrected chi connectivity index (χ1v) is 7.98. The predicted octanol–water partition coefficient (Wildman–Crippen LogP) is 2.09. The molecule has 23 heavy (non-hydrogen) atoms. The Balaban J connectivity index is 1.72. The average molecular weight is 318 g/mol. The van der Waals surface area contributed by atoms with E-state index in [-0.39, 0.29) is 17.9 Å². The Hall–Kier alpha value is -2.15. The molecule has 0 radical (unpaired) electrons. The molecule has 2 atom stereocenters. The minimum Gasteiger partial charge on any atom is -0.373 e. The van der Waals surface area contributed by atoms with E-state index in [2.05, 4.69) is 15.4 Å². The molecule has 7 heteroatoms. The molecule has 0 aliphatic carbocycles. The first-order valence-electron chi connectivity index (χ1n) is 7.98. The molecule has 3 heterocycles. The van der Waals surface area contributed by atoms with Gasteiger partial charge in [0, 0.05) is 31.0 Å². The van der Waals surface area contributed by atoms with Crippen LogP contribution >= 0.6 is 0 Å². The van der Waals surface area contributed by atoms with Gasteiger partial charge >= 0.3 is 0 Å². The molecule has 1 N–H and O–H groups in total. The summed E-state index contributed by atoms with van der Waals surface area (Å²) in [4.78, 5) is 14.6. The summed E-state index contributed by atoms with van der Waals surface area (Å²) in [6.45, 7) is 3.20. The smallest absolute Gasteiger partial charge is 0.228 e. The zero-order valence-electron chi connectivity index (χ0n) is 13.5. The number of nitrogens with zero attached hydrogens (tertiary/aromatic N) is 3. The van der Waals surface area contributed by atoms with Crippen molar-refractivity contribution in [1.82, 2.24) is 20.3 Å². The summed E-state index contributed by atoms with van der Waals surface area (Å²) >= 11 is 0. The first kappa shape index (κ1) is 15.7. The van der Waals surface area contributed by atoms with Gasteiger partial charge in [0.15, 0.2) is 0 Å².